The number of rotatable bonds is 6. The number of anilines is 1. The summed E-state index contributed by atoms with van der Waals surface area (Å²) in [6, 6.07) is 5.30. The van der Waals surface area contributed by atoms with E-state index in [9.17, 15) is 26.0 Å². The summed E-state index contributed by atoms with van der Waals surface area (Å²) in [5.74, 6) is -6.79. The zero-order chi connectivity index (χ0) is 19.6. The number of benzene rings is 1. The number of nitrogens with one attached hydrogen (secondary N) is 1. The van der Waals surface area contributed by atoms with Crippen molar-refractivity contribution in [3.63, 3.8) is 0 Å². The highest BCUT2D eigenvalue weighted by atomic mass is 32.2. The third kappa shape index (κ3) is 3.96. The van der Waals surface area contributed by atoms with Gasteiger partial charge in [0.2, 0.25) is 21.7 Å². The second kappa shape index (κ2) is 7.58. The van der Waals surface area contributed by atoms with Gasteiger partial charge < -0.3 is 5.32 Å². The van der Waals surface area contributed by atoms with Gasteiger partial charge in [-0.15, -0.1) is 0 Å². The lowest BCUT2D eigenvalue weighted by atomic mass is 10.2. The Labute approximate surface area is 148 Å². The number of nitrogens with zero attached hydrogens (tertiary/aromatic N) is 2. The normalized spacial score (nSPS) is 12.0. The fourth-order valence-electron chi connectivity index (χ4n) is 2.06. The van der Waals surface area contributed by atoms with Gasteiger partial charge in [0.15, 0.2) is 0 Å². The van der Waals surface area contributed by atoms with Crippen molar-refractivity contribution in [2.45, 2.75) is 31.3 Å². The molecule has 142 valence electrons. The molecule has 2 aromatic rings. The van der Waals surface area contributed by atoms with Crippen LogP contribution >= 0.6 is 0 Å². The average Bonchev–Trinajstić information content (AvgIpc) is 2.59. The van der Waals surface area contributed by atoms with Gasteiger partial charge in [-0.3, -0.25) is 0 Å². The summed E-state index contributed by atoms with van der Waals surface area (Å²) in [5.41, 5.74) is -0.529. The molecule has 26 heavy (non-hydrogen) atoms. The van der Waals surface area contributed by atoms with Crippen molar-refractivity contribution in [3.05, 3.63) is 53.4 Å². The summed E-state index contributed by atoms with van der Waals surface area (Å²) in [7, 11) is -2.21. The second-order valence-electron chi connectivity index (χ2n) is 5.81. The fraction of sp³-hybridized carbons (Fsp3) is 0.312. The van der Waals surface area contributed by atoms with Crippen LogP contribution in [0.4, 0.5) is 23.2 Å². The first kappa shape index (κ1) is 20.1. The van der Waals surface area contributed by atoms with E-state index in [1.807, 2.05) is 0 Å². The van der Waals surface area contributed by atoms with Crippen molar-refractivity contribution in [2.75, 3.05) is 12.4 Å². The van der Waals surface area contributed by atoms with Crippen LogP contribution in [-0.2, 0) is 16.6 Å². The molecule has 0 radical (unpaired) electrons. The molecule has 2 rings (SSSR count). The molecule has 0 amide bonds. The molecule has 1 heterocycles. The van der Waals surface area contributed by atoms with E-state index in [1.54, 1.807) is 13.8 Å². The zero-order valence-electron chi connectivity index (χ0n) is 14.2. The highest BCUT2D eigenvalue weighted by Gasteiger charge is 2.23. The quantitative estimate of drug-likeness (QED) is 0.606. The number of hydrogen-bond donors (Lipinski definition) is 1. The molecule has 1 aromatic carbocycles. The molecule has 0 unspecified atom stereocenters. The van der Waals surface area contributed by atoms with Gasteiger partial charge in [-0.05, 0) is 31.5 Å². The second-order valence-corrected chi connectivity index (χ2v) is 7.81. The molecule has 5 nitrogen and oxygen atoms in total. The summed E-state index contributed by atoms with van der Waals surface area (Å²) in [5, 5.41) is 2.25. The van der Waals surface area contributed by atoms with Crippen molar-refractivity contribution in [2.24, 2.45) is 0 Å². The van der Waals surface area contributed by atoms with Crippen LogP contribution in [0.5, 0.6) is 0 Å². The number of hydrogen-bond acceptors (Lipinski definition) is 4. The minimum atomic E-state index is -3.66. The summed E-state index contributed by atoms with van der Waals surface area (Å²) in [6.07, 6.45) is 0. The molecule has 0 aliphatic heterocycles. The van der Waals surface area contributed by atoms with Gasteiger partial charge in [0.1, 0.15) is 5.69 Å². The van der Waals surface area contributed by atoms with Crippen LogP contribution in [0.25, 0.3) is 0 Å². The van der Waals surface area contributed by atoms with E-state index in [0.29, 0.717) is 5.56 Å². The van der Waals surface area contributed by atoms with Crippen LogP contribution in [0.15, 0.2) is 29.2 Å². The summed E-state index contributed by atoms with van der Waals surface area (Å²) < 4.78 is 79.1. The molecule has 0 bridgehead atoms. The SMILES string of the molecule is CC(C)N(C)S(=O)(=O)c1ccc(CNc2c(F)c(F)nc(F)c2F)cc1. The average molecular weight is 391 g/mol. The molecule has 0 saturated carbocycles. The molecule has 0 aliphatic carbocycles. The first-order valence-corrected chi connectivity index (χ1v) is 9.00. The van der Waals surface area contributed by atoms with Crippen molar-refractivity contribution in [1.29, 1.82) is 0 Å². The van der Waals surface area contributed by atoms with Crippen molar-refractivity contribution >= 4 is 15.7 Å². The van der Waals surface area contributed by atoms with Crippen LogP contribution in [0.2, 0.25) is 0 Å². The van der Waals surface area contributed by atoms with E-state index in [4.69, 9.17) is 0 Å². The Hall–Kier alpha value is -2.20. The number of pyridine rings is 1. The molecule has 0 atom stereocenters. The maximum atomic E-state index is 13.5. The Morgan fingerprint density at radius 2 is 1.54 bits per heavy atom. The highest BCUT2D eigenvalue weighted by Crippen LogP contribution is 2.23. The Morgan fingerprint density at radius 1 is 1.04 bits per heavy atom. The van der Waals surface area contributed by atoms with Crippen molar-refractivity contribution < 1.29 is 26.0 Å². The van der Waals surface area contributed by atoms with Crippen molar-refractivity contribution in [3.8, 4) is 0 Å². The fourth-order valence-corrected chi connectivity index (χ4v) is 3.42. The molecule has 10 heteroatoms. The number of sulfonamides is 1. The van der Waals surface area contributed by atoms with Gasteiger partial charge in [0.05, 0.1) is 4.90 Å². The smallest absolute Gasteiger partial charge is 0.253 e. The van der Waals surface area contributed by atoms with Gasteiger partial charge in [-0.1, -0.05) is 12.1 Å². The largest absolute Gasteiger partial charge is 0.376 e. The molecule has 0 fully saturated rings. The maximum absolute atomic E-state index is 13.5. The number of aromatic nitrogens is 1. The monoisotopic (exact) mass is 391 g/mol. The van der Waals surface area contributed by atoms with E-state index < -0.39 is 39.2 Å². The minimum absolute atomic E-state index is 0.0517. The lowest BCUT2D eigenvalue weighted by Crippen LogP contribution is -2.33. The Bertz CT molecular complexity index is 876. The van der Waals surface area contributed by atoms with E-state index >= 15 is 0 Å². The lowest BCUT2D eigenvalue weighted by molar-refractivity contribution is 0.410. The first-order valence-electron chi connectivity index (χ1n) is 7.56. The molecular formula is C16H17F4N3O2S. The van der Waals surface area contributed by atoms with E-state index in [-0.39, 0.29) is 17.5 Å². The third-order valence-electron chi connectivity index (χ3n) is 3.79. The minimum Gasteiger partial charge on any atom is -0.376 e. The summed E-state index contributed by atoms with van der Waals surface area (Å²) >= 11 is 0. The zero-order valence-corrected chi connectivity index (χ0v) is 15.0. The van der Waals surface area contributed by atoms with Crippen LogP contribution in [0.3, 0.4) is 0 Å². The van der Waals surface area contributed by atoms with Crippen LogP contribution in [-0.4, -0.2) is 30.8 Å². The Balaban J connectivity index is 2.19. The topological polar surface area (TPSA) is 62.3 Å². The van der Waals surface area contributed by atoms with Gasteiger partial charge in [0, 0.05) is 19.6 Å². The standard InChI is InChI=1S/C16H17F4N3O2S/c1-9(2)23(3)26(24,25)11-6-4-10(5-7-11)8-21-14-12(17)15(19)22-16(20)13(14)18/h4-7,9H,8H2,1-3H3,(H,21,22). The molecule has 0 spiro atoms. The Kier molecular flexibility index (Phi) is 5.87. The molecular weight excluding hydrogens is 374 g/mol. The Morgan fingerprint density at radius 3 is 2.00 bits per heavy atom. The van der Waals surface area contributed by atoms with Crippen LogP contribution in [0, 0.1) is 23.5 Å². The van der Waals surface area contributed by atoms with E-state index in [0.717, 1.165) is 0 Å². The highest BCUT2D eigenvalue weighted by molar-refractivity contribution is 7.89. The van der Waals surface area contributed by atoms with Gasteiger partial charge in [0.25, 0.3) is 11.9 Å². The van der Waals surface area contributed by atoms with E-state index in [1.165, 1.54) is 35.6 Å². The maximum Gasteiger partial charge on any atom is 0.253 e. The third-order valence-corrected chi connectivity index (χ3v) is 5.84. The molecule has 0 saturated heterocycles. The number of halogens is 4. The molecule has 1 aromatic heterocycles. The summed E-state index contributed by atoms with van der Waals surface area (Å²) in [4.78, 5) is 2.51. The van der Waals surface area contributed by atoms with Crippen LogP contribution in [0.1, 0.15) is 19.4 Å². The van der Waals surface area contributed by atoms with E-state index in [2.05, 4.69) is 10.3 Å². The van der Waals surface area contributed by atoms with Gasteiger partial charge in [-0.2, -0.15) is 26.9 Å². The molecule has 1 N–H and O–H groups in total. The lowest BCUT2D eigenvalue weighted by Gasteiger charge is -2.21. The van der Waals surface area contributed by atoms with Gasteiger partial charge in [-0.25, -0.2) is 8.42 Å². The first-order chi connectivity index (χ1) is 12.1. The van der Waals surface area contributed by atoms with Crippen molar-refractivity contribution in [1.82, 2.24) is 9.29 Å². The van der Waals surface area contributed by atoms with Gasteiger partial charge >= 0.3 is 0 Å². The summed E-state index contributed by atoms with van der Waals surface area (Å²) in [6.45, 7) is 3.27. The van der Waals surface area contributed by atoms with Crippen LogP contribution < -0.4 is 5.32 Å². The molecule has 0 aliphatic rings. The predicted molar refractivity (Wildman–Crippen MR) is 87.9 cm³/mol. The predicted octanol–water partition coefficient (Wildman–Crippen LogP) is 3.28.